The Bertz CT molecular complexity index is 532. The molecule has 0 aliphatic rings. The predicted octanol–water partition coefficient (Wildman–Crippen LogP) is 3.57. The Labute approximate surface area is 111 Å². The van der Waals surface area contributed by atoms with Crippen LogP contribution in [0.15, 0.2) is 22.6 Å². The van der Waals surface area contributed by atoms with E-state index in [0.717, 1.165) is 17.1 Å². The molecule has 0 amide bonds. The fourth-order valence-electron chi connectivity index (χ4n) is 1.56. The zero-order valence-corrected chi connectivity index (χ0v) is 11.3. The van der Waals surface area contributed by atoms with Gasteiger partial charge in [-0.05, 0) is 26.0 Å². The van der Waals surface area contributed by atoms with Crippen LogP contribution in [0, 0.1) is 13.8 Å². The van der Waals surface area contributed by atoms with Gasteiger partial charge in [-0.15, -0.1) is 0 Å². The highest BCUT2D eigenvalue weighted by Gasteiger charge is 2.06. The number of methoxy groups -OCH3 is 1. The smallest absolute Gasteiger partial charge is 0.213 e. The Morgan fingerprint density at radius 2 is 2.17 bits per heavy atom. The van der Waals surface area contributed by atoms with E-state index in [4.69, 9.17) is 20.8 Å². The van der Waals surface area contributed by atoms with Gasteiger partial charge >= 0.3 is 0 Å². The molecule has 5 heteroatoms. The van der Waals surface area contributed by atoms with Crippen molar-refractivity contribution in [1.82, 2.24) is 4.98 Å². The molecule has 0 saturated heterocycles. The molecule has 2 aromatic rings. The van der Waals surface area contributed by atoms with Crippen molar-refractivity contribution >= 4 is 17.3 Å². The molecule has 96 valence electrons. The summed E-state index contributed by atoms with van der Waals surface area (Å²) in [5.74, 6) is 2.15. The molecule has 2 rings (SSSR count). The van der Waals surface area contributed by atoms with Crippen LogP contribution in [0.5, 0.6) is 5.75 Å². The van der Waals surface area contributed by atoms with Gasteiger partial charge in [0.25, 0.3) is 0 Å². The summed E-state index contributed by atoms with van der Waals surface area (Å²) in [5, 5.41) is 3.80. The number of aromatic nitrogens is 1. The molecular weight excluding hydrogens is 252 g/mol. The number of ether oxygens (including phenoxy) is 1. The topological polar surface area (TPSA) is 47.3 Å². The zero-order valence-electron chi connectivity index (χ0n) is 10.6. The second kappa shape index (κ2) is 5.31. The van der Waals surface area contributed by atoms with Crippen molar-refractivity contribution in [2.45, 2.75) is 20.4 Å². The summed E-state index contributed by atoms with van der Waals surface area (Å²) in [4.78, 5) is 4.30. The number of benzene rings is 1. The van der Waals surface area contributed by atoms with Crippen LogP contribution in [0.4, 0.5) is 5.69 Å². The highest BCUT2D eigenvalue weighted by atomic mass is 35.5. The van der Waals surface area contributed by atoms with Gasteiger partial charge in [-0.3, -0.25) is 0 Å². The maximum atomic E-state index is 5.95. The van der Waals surface area contributed by atoms with Crippen LogP contribution in [0.25, 0.3) is 0 Å². The third-order valence-electron chi connectivity index (χ3n) is 2.67. The van der Waals surface area contributed by atoms with Crippen LogP contribution in [0.1, 0.15) is 17.3 Å². The van der Waals surface area contributed by atoms with Crippen LogP contribution in [0.3, 0.4) is 0 Å². The van der Waals surface area contributed by atoms with E-state index >= 15 is 0 Å². The van der Waals surface area contributed by atoms with E-state index in [-0.39, 0.29) is 0 Å². The number of hydrogen-bond donors (Lipinski definition) is 1. The summed E-state index contributed by atoms with van der Waals surface area (Å²) < 4.78 is 10.6. The van der Waals surface area contributed by atoms with E-state index in [9.17, 15) is 0 Å². The maximum Gasteiger partial charge on any atom is 0.213 e. The standard InChI is InChI=1S/C13H15ClN2O2/c1-8-9(2)18-13(16-8)7-15-10-4-5-11(14)12(6-10)17-3/h4-6,15H,7H2,1-3H3. The largest absolute Gasteiger partial charge is 0.495 e. The summed E-state index contributed by atoms with van der Waals surface area (Å²) in [6.45, 7) is 4.35. The van der Waals surface area contributed by atoms with Gasteiger partial charge in [0.1, 0.15) is 11.5 Å². The van der Waals surface area contributed by atoms with Gasteiger partial charge in [0.2, 0.25) is 5.89 Å². The van der Waals surface area contributed by atoms with Crippen molar-refractivity contribution in [3.63, 3.8) is 0 Å². The van der Waals surface area contributed by atoms with E-state index in [1.807, 2.05) is 26.0 Å². The Morgan fingerprint density at radius 1 is 1.39 bits per heavy atom. The number of oxazole rings is 1. The molecule has 0 aliphatic heterocycles. The first-order chi connectivity index (χ1) is 8.60. The van der Waals surface area contributed by atoms with Crippen molar-refractivity contribution in [1.29, 1.82) is 0 Å². The molecule has 1 aromatic heterocycles. The van der Waals surface area contributed by atoms with Crippen molar-refractivity contribution in [3.8, 4) is 5.75 Å². The zero-order chi connectivity index (χ0) is 13.1. The van der Waals surface area contributed by atoms with E-state index in [1.54, 1.807) is 13.2 Å². The van der Waals surface area contributed by atoms with Crippen LogP contribution in [0.2, 0.25) is 5.02 Å². The summed E-state index contributed by atoms with van der Waals surface area (Å²) in [5.41, 5.74) is 1.82. The lowest BCUT2D eigenvalue weighted by atomic mass is 10.3. The number of aryl methyl sites for hydroxylation is 2. The molecule has 0 saturated carbocycles. The van der Waals surface area contributed by atoms with Crippen molar-refractivity contribution < 1.29 is 9.15 Å². The summed E-state index contributed by atoms with van der Waals surface area (Å²) in [6, 6.07) is 5.51. The average Bonchev–Trinajstić information content (AvgIpc) is 2.68. The van der Waals surface area contributed by atoms with Gasteiger partial charge in [0.15, 0.2) is 0 Å². The fraction of sp³-hybridized carbons (Fsp3) is 0.308. The molecule has 0 radical (unpaired) electrons. The Kier molecular flexibility index (Phi) is 3.77. The molecule has 1 heterocycles. The summed E-state index contributed by atoms with van der Waals surface area (Å²) in [6.07, 6.45) is 0. The molecule has 0 bridgehead atoms. The molecule has 0 spiro atoms. The Hall–Kier alpha value is -1.68. The van der Waals surface area contributed by atoms with Gasteiger partial charge in [-0.2, -0.15) is 0 Å². The van der Waals surface area contributed by atoms with Crippen molar-refractivity contribution in [2.24, 2.45) is 0 Å². The summed E-state index contributed by atoms with van der Waals surface area (Å²) in [7, 11) is 1.59. The third-order valence-corrected chi connectivity index (χ3v) is 2.98. The lowest BCUT2D eigenvalue weighted by Crippen LogP contribution is -2.00. The monoisotopic (exact) mass is 266 g/mol. The first-order valence-corrected chi connectivity index (χ1v) is 5.98. The molecular formula is C13H15ClN2O2. The first kappa shape index (κ1) is 12.8. The van der Waals surface area contributed by atoms with Crippen LogP contribution in [-0.4, -0.2) is 12.1 Å². The van der Waals surface area contributed by atoms with Crippen molar-refractivity contribution in [3.05, 3.63) is 40.6 Å². The third kappa shape index (κ3) is 2.76. The maximum absolute atomic E-state index is 5.95. The average molecular weight is 267 g/mol. The minimum atomic E-state index is 0.527. The number of rotatable bonds is 4. The molecule has 0 fully saturated rings. The van der Waals surface area contributed by atoms with Crippen LogP contribution in [-0.2, 0) is 6.54 Å². The molecule has 0 atom stereocenters. The Balaban J connectivity index is 2.06. The molecule has 1 N–H and O–H groups in total. The SMILES string of the molecule is COc1cc(NCc2nc(C)c(C)o2)ccc1Cl. The highest BCUT2D eigenvalue weighted by molar-refractivity contribution is 6.32. The quantitative estimate of drug-likeness (QED) is 0.919. The fourth-order valence-corrected chi connectivity index (χ4v) is 1.76. The lowest BCUT2D eigenvalue weighted by molar-refractivity contribution is 0.415. The minimum absolute atomic E-state index is 0.527. The number of nitrogens with one attached hydrogen (secondary N) is 1. The van der Waals surface area contributed by atoms with E-state index in [0.29, 0.717) is 23.2 Å². The Morgan fingerprint density at radius 3 is 2.78 bits per heavy atom. The van der Waals surface area contributed by atoms with Crippen LogP contribution >= 0.6 is 11.6 Å². The number of anilines is 1. The number of hydrogen-bond acceptors (Lipinski definition) is 4. The first-order valence-electron chi connectivity index (χ1n) is 5.60. The lowest BCUT2D eigenvalue weighted by Gasteiger charge is -2.07. The second-order valence-corrected chi connectivity index (χ2v) is 4.36. The molecule has 1 aromatic carbocycles. The molecule has 0 aliphatic carbocycles. The number of nitrogens with zero attached hydrogens (tertiary/aromatic N) is 1. The van der Waals surface area contributed by atoms with Gasteiger partial charge in [-0.25, -0.2) is 4.98 Å². The molecule has 0 unspecified atom stereocenters. The van der Waals surface area contributed by atoms with Crippen LogP contribution < -0.4 is 10.1 Å². The number of halogens is 1. The minimum Gasteiger partial charge on any atom is -0.495 e. The highest BCUT2D eigenvalue weighted by Crippen LogP contribution is 2.27. The predicted molar refractivity (Wildman–Crippen MR) is 71.3 cm³/mol. The molecule has 18 heavy (non-hydrogen) atoms. The van der Waals surface area contributed by atoms with E-state index < -0.39 is 0 Å². The van der Waals surface area contributed by atoms with Gasteiger partial charge in [-0.1, -0.05) is 11.6 Å². The van der Waals surface area contributed by atoms with Gasteiger partial charge in [0.05, 0.1) is 24.4 Å². The van der Waals surface area contributed by atoms with Crippen molar-refractivity contribution in [2.75, 3.05) is 12.4 Å². The van der Waals surface area contributed by atoms with E-state index in [1.165, 1.54) is 0 Å². The normalized spacial score (nSPS) is 10.4. The summed E-state index contributed by atoms with van der Waals surface area (Å²) >= 11 is 5.95. The van der Waals surface area contributed by atoms with Gasteiger partial charge < -0.3 is 14.5 Å². The van der Waals surface area contributed by atoms with E-state index in [2.05, 4.69) is 10.3 Å². The second-order valence-electron chi connectivity index (χ2n) is 3.95. The molecule has 4 nitrogen and oxygen atoms in total. The van der Waals surface area contributed by atoms with Gasteiger partial charge in [0, 0.05) is 11.8 Å².